The molecule has 0 heterocycles. The van der Waals surface area contributed by atoms with E-state index in [2.05, 4.69) is 73.3 Å². The number of thiocarbonyl (C=S) groups is 6. The average molecular weight is 518 g/mol. The van der Waals surface area contributed by atoms with Gasteiger partial charge in [-0.1, -0.05) is 73.3 Å². The maximum Gasteiger partial charge on any atom is 3.00 e. The van der Waals surface area contributed by atoms with Crippen molar-refractivity contribution in [2.24, 2.45) is 0 Å². The minimum atomic E-state index is 0. The number of hydrogen-bond acceptors (Lipinski definition) is 6. The van der Waals surface area contributed by atoms with E-state index in [0.717, 1.165) is 0 Å². The van der Waals surface area contributed by atoms with Crippen LogP contribution in [0.1, 0.15) is 0 Å². The zero-order valence-corrected chi connectivity index (χ0v) is 27.1. The second-order valence-electron chi connectivity index (χ2n) is 0.548. The van der Waals surface area contributed by atoms with Crippen LogP contribution in [0.4, 0.5) is 0 Å². The Morgan fingerprint density at radius 3 is 0.364 bits per heavy atom. The van der Waals surface area contributed by atoms with Crippen molar-refractivity contribution in [2.75, 3.05) is 0 Å². The largest absolute Gasteiger partial charge is 3.00 e. The van der Waals surface area contributed by atoms with Gasteiger partial charge in [0, 0.05) is 0 Å². The minimum absolute atomic E-state index is 0. The molecule has 0 aliphatic heterocycles. The van der Waals surface area contributed by atoms with Gasteiger partial charge >= 0.3 is 172 Å². The molecule has 0 unspecified atom stereocenters. The summed E-state index contributed by atoms with van der Waals surface area (Å²) in [4.78, 5) is 0. The summed E-state index contributed by atoms with van der Waals surface area (Å²) in [6, 6.07) is 0. The molecule has 0 aromatic carbocycles. The molecular formula is C6CrK3N6S6. The van der Waals surface area contributed by atoms with Gasteiger partial charge in [0.15, 0.2) is 0 Å². The first-order chi connectivity index (χ1) is 8.49. The molecule has 0 amide bonds. The van der Waals surface area contributed by atoms with Crippen LogP contribution < -0.4 is 154 Å². The Labute approximate surface area is 299 Å². The van der Waals surface area contributed by atoms with Crippen LogP contribution in [0, 0.1) is 0 Å². The van der Waals surface area contributed by atoms with Crippen LogP contribution >= 0.6 is 73.3 Å². The fraction of sp³-hybridized carbons (Fsp3) is 0. The Morgan fingerprint density at radius 1 is 0.364 bits per heavy atom. The van der Waals surface area contributed by atoms with Crippen LogP contribution in [-0.4, -0.2) is 31.0 Å². The van der Waals surface area contributed by atoms with E-state index in [1.807, 2.05) is 0 Å². The Balaban J connectivity index is -0.00000000947. The smallest absolute Gasteiger partial charge is 0.753 e. The molecule has 6 nitrogen and oxygen atoms in total. The Bertz CT molecular complexity index is 266. The topological polar surface area (TPSA) is 134 Å². The molecule has 0 N–H and O–H groups in total. The molecular weight excluding hydrogens is 518 g/mol. The number of isothiocyanates is 6. The second-order valence-corrected chi connectivity index (χ2v) is 1.64. The normalized spacial score (nSPS) is 2.18. The number of hydrogen-bond donors (Lipinski definition) is 0. The fourth-order valence-electron chi connectivity index (χ4n) is 0. The summed E-state index contributed by atoms with van der Waals surface area (Å²) < 4.78 is 0. The van der Waals surface area contributed by atoms with Crippen molar-refractivity contribution < 1.29 is 172 Å². The Morgan fingerprint density at radius 2 is 0.364 bits per heavy atom. The molecule has 0 spiro atoms. The molecule has 1 radical (unpaired) electrons. The van der Waals surface area contributed by atoms with E-state index in [0.29, 0.717) is 0 Å². The van der Waals surface area contributed by atoms with Crippen LogP contribution in [0.3, 0.4) is 0 Å². The van der Waals surface area contributed by atoms with E-state index in [4.69, 9.17) is 32.5 Å². The number of rotatable bonds is 0. The molecule has 0 aliphatic carbocycles. The summed E-state index contributed by atoms with van der Waals surface area (Å²) in [6.45, 7) is 0. The first kappa shape index (κ1) is 63.4. The van der Waals surface area contributed by atoms with Gasteiger partial charge in [0.2, 0.25) is 0 Å². The summed E-state index contributed by atoms with van der Waals surface area (Å²) in [5.41, 5.74) is 0. The summed E-state index contributed by atoms with van der Waals surface area (Å²) in [5, 5.41) is 50.8. The maximum atomic E-state index is 7.13. The van der Waals surface area contributed by atoms with Crippen molar-refractivity contribution in [1.82, 2.24) is 0 Å². The molecule has 0 aromatic heterocycles. The van der Waals surface area contributed by atoms with Crippen LogP contribution in [0.5, 0.6) is 0 Å². The van der Waals surface area contributed by atoms with Crippen LogP contribution in [-0.2, 0) is 17.4 Å². The molecule has 16 heteroatoms. The quantitative estimate of drug-likeness (QED) is 0.179. The van der Waals surface area contributed by atoms with Gasteiger partial charge in [0.25, 0.3) is 0 Å². The van der Waals surface area contributed by atoms with Crippen molar-refractivity contribution in [1.29, 1.82) is 0 Å². The van der Waals surface area contributed by atoms with Gasteiger partial charge in [-0.05, 0) is 0 Å². The van der Waals surface area contributed by atoms with E-state index in [-0.39, 0.29) is 172 Å². The molecule has 0 rings (SSSR count). The van der Waals surface area contributed by atoms with Gasteiger partial charge in [-0.25, -0.2) is 0 Å². The average Bonchev–Trinajstić information content (AvgIpc) is 2.23. The minimum Gasteiger partial charge on any atom is -0.753 e. The predicted octanol–water partition coefficient (Wildman–Crippen LogP) is -5.04. The Hall–Kier alpha value is 4.24. The fourth-order valence-corrected chi connectivity index (χ4v) is 0. The standard InChI is InChI=1S/6CNS.Cr.3K/c6*2-1-3;;;;/q6*-1;+3;3*+1. The molecule has 22 heavy (non-hydrogen) atoms. The van der Waals surface area contributed by atoms with Crippen LogP contribution in [0.25, 0.3) is 32.5 Å². The third kappa shape index (κ3) is 728. The van der Waals surface area contributed by atoms with Gasteiger partial charge in [0.05, 0.1) is 0 Å². The molecule has 0 aromatic rings. The van der Waals surface area contributed by atoms with Crippen molar-refractivity contribution in [3.63, 3.8) is 0 Å². The Kier molecular flexibility index (Phi) is 407. The van der Waals surface area contributed by atoms with Gasteiger partial charge in [-0.3, -0.25) is 0 Å². The predicted molar refractivity (Wildman–Crippen MR) is 95.7 cm³/mol. The van der Waals surface area contributed by atoms with Crippen LogP contribution in [0.15, 0.2) is 0 Å². The molecule has 0 atom stereocenters. The molecule has 0 saturated heterocycles. The first-order valence-corrected chi connectivity index (χ1v) is 5.02. The summed E-state index contributed by atoms with van der Waals surface area (Å²) in [5.74, 6) is 0. The summed E-state index contributed by atoms with van der Waals surface area (Å²) in [6.07, 6.45) is 0. The van der Waals surface area contributed by atoms with Gasteiger partial charge in [-0.15, -0.1) is 0 Å². The van der Waals surface area contributed by atoms with E-state index < -0.39 is 0 Å². The monoisotopic (exact) mass is 517 g/mol. The third-order valence-electron chi connectivity index (χ3n) is 0. The third-order valence-corrected chi connectivity index (χ3v) is 0. The SMILES string of the molecule is [Cr+3].[K+].[K+].[K+].[N-]=C=S.[N-]=C=S.[N-]=C=S.[N-]=C=S.[N-]=C=S.[N-]=C=S. The molecule has 0 aliphatic rings. The molecule has 0 fully saturated rings. The zero-order valence-electron chi connectivity index (χ0n) is 11.5. The molecule has 99 valence electrons. The van der Waals surface area contributed by atoms with Gasteiger partial charge < -0.3 is 32.5 Å². The van der Waals surface area contributed by atoms with Crippen molar-refractivity contribution in [3.05, 3.63) is 32.5 Å². The van der Waals surface area contributed by atoms with Gasteiger partial charge in [0.1, 0.15) is 0 Å². The maximum absolute atomic E-state index is 7.13. The zero-order chi connectivity index (χ0) is 16.2. The molecule has 0 saturated carbocycles. The van der Waals surface area contributed by atoms with E-state index in [1.54, 1.807) is 0 Å². The van der Waals surface area contributed by atoms with E-state index >= 15 is 0 Å². The van der Waals surface area contributed by atoms with E-state index in [1.165, 1.54) is 31.0 Å². The van der Waals surface area contributed by atoms with Crippen molar-refractivity contribution in [3.8, 4) is 0 Å². The van der Waals surface area contributed by atoms with Gasteiger partial charge in [-0.2, -0.15) is 31.0 Å². The van der Waals surface area contributed by atoms with Crippen molar-refractivity contribution >= 4 is 104 Å². The van der Waals surface area contributed by atoms with Crippen LogP contribution in [0.2, 0.25) is 0 Å². The second kappa shape index (κ2) is 141. The van der Waals surface area contributed by atoms with E-state index in [9.17, 15) is 0 Å². The first-order valence-electron chi connectivity index (χ1n) is 2.57. The van der Waals surface area contributed by atoms with Crippen molar-refractivity contribution in [2.45, 2.75) is 0 Å². The number of nitrogens with zero attached hydrogens (tertiary/aromatic N) is 6. The summed E-state index contributed by atoms with van der Waals surface area (Å²) in [7, 11) is 0. The summed E-state index contributed by atoms with van der Waals surface area (Å²) >= 11 is 22.2. The molecule has 0 bridgehead atoms.